The summed E-state index contributed by atoms with van der Waals surface area (Å²) in [4.78, 5) is 25.3. The van der Waals surface area contributed by atoms with Crippen molar-refractivity contribution in [2.75, 3.05) is 14.2 Å². The lowest BCUT2D eigenvalue weighted by molar-refractivity contribution is -0.176. The van der Waals surface area contributed by atoms with E-state index in [0.29, 0.717) is 0 Å². The molecule has 22 heavy (non-hydrogen) atoms. The van der Waals surface area contributed by atoms with E-state index in [4.69, 9.17) is 9.47 Å². The van der Waals surface area contributed by atoms with Crippen LogP contribution in [0.2, 0.25) is 0 Å². The Hall–Kier alpha value is -1.84. The predicted molar refractivity (Wildman–Crippen MR) is 85.3 cm³/mol. The van der Waals surface area contributed by atoms with E-state index in [1.807, 2.05) is 58.0 Å². The molecule has 0 heterocycles. The fourth-order valence-electron chi connectivity index (χ4n) is 3.34. The van der Waals surface area contributed by atoms with E-state index in [1.54, 1.807) is 0 Å². The molecule has 0 aliphatic heterocycles. The second-order valence-electron chi connectivity index (χ2n) is 6.14. The molecule has 1 unspecified atom stereocenters. The summed E-state index contributed by atoms with van der Waals surface area (Å²) in [5.41, 5.74) is -0.430. The lowest BCUT2D eigenvalue weighted by Crippen LogP contribution is -2.51. The first-order valence-corrected chi connectivity index (χ1v) is 7.55. The average Bonchev–Trinajstić information content (AvgIpc) is 2.50. The van der Waals surface area contributed by atoms with Crippen LogP contribution in [0.1, 0.15) is 39.2 Å². The van der Waals surface area contributed by atoms with Crippen LogP contribution in [0, 0.1) is 17.3 Å². The van der Waals surface area contributed by atoms with Gasteiger partial charge in [0, 0.05) is 5.92 Å². The number of ether oxygens (including phenoxy) is 2. The van der Waals surface area contributed by atoms with E-state index in [9.17, 15) is 9.59 Å². The number of rotatable bonds is 6. The van der Waals surface area contributed by atoms with Crippen LogP contribution in [-0.4, -0.2) is 26.2 Å². The van der Waals surface area contributed by atoms with Crippen LogP contribution in [0.15, 0.2) is 30.3 Å². The lowest BCUT2D eigenvalue weighted by atomic mass is 9.61. The van der Waals surface area contributed by atoms with Gasteiger partial charge in [0.2, 0.25) is 0 Å². The van der Waals surface area contributed by atoms with Gasteiger partial charge < -0.3 is 9.47 Å². The molecular weight excluding hydrogens is 280 g/mol. The van der Waals surface area contributed by atoms with Crippen molar-refractivity contribution in [2.24, 2.45) is 17.3 Å². The molecule has 0 saturated heterocycles. The van der Waals surface area contributed by atoms with Crippen molar-refractivity contribution in [3.8, 4) is 0 Å². The molecular formula is C18H26O4. The summed E-state index contributed by atoms with van der Waals surface area (Å²) in [5.74, 6) is -1.62. The van der Waals surface area contributed by atoms with Crippen LogP contribution >= 0.6 is 0 Å². The zero-order valence-electron chi connectivity index (χ0n) is 14.3. The minimum absolute atomic E-state index is 0.0583. The normalized spacial score (nSPS) is 13.1. The van der Waals surface area contributed by atoms with Crippen molar-refractivity contribution in [2.45, 2.75) is 33.6 Å². The number of esters is 2. The van der Waals surface area contributed by atoms with Gasteiger partial charge in [0.05, 0.1) is 14.2 Å². The number of methoxy groups -OCH3 is 2. The number of hydrogen-bond donors (Lipinski definition) is 0. The molecule has 0 aromatic heterocycles. The number of carbonyl (C=O) groups is 2. The maximum atomic E-state index is 12.7. The summed E-state index contributed by atoms with van der Waals surface area (Å²) in [6.07, 6.45) is 0. The molecule has 4 heteroatoms. The molecule has 4 nitrogen and oxygen atoms in total. The fourth-order valence-corrected chi connectivity index (χ4v) is 3.34. The molecule has 0 N–H and O–H groups in total. The van der Waals surface area contributed by atoms with Gasteiger partial charge in [-0.05, 0) is 17.4 Å². The Bertz CT molecular complexity index is 489. The second kappa shape index (κ2) is 7.43. The van der Waals surface area contributed by atoms with Gasteiger partial charge in [-0.15, -0.1) is 0 Å². The van der Waals surface area contributed by atoms with Gasteiger partial charge in [0.15, 0.2) is 5.41 Å². The zero-order valence-corrected chi connectivity index (χ0v) is 14.3. The molecule has 1 aromatic carbocycles. The van der Waals surface area contributed by atoms with Crippen LogP contribution in [0.25, 0.3) is 0 Å². The van der Waals surface area contributed by atoms with Crippen LogP contribution in [0.5, 0.6) is 0 Å². The number of benzene rings is 1. The van der Waals surface area contributed by atoms with E-state index >= 15 is 0 Å². The summed E-state index contributed by atoms with van der Waals surface area (Å²) < 4.78 is 10.0. The van der Waals surface area contributed by atoms with Crippen molar-refractivity contribution in [3.63, 3.8) is 0 Å². The third kappa shape index (κ3) is 3.01. The highest BCUT2D eigenvalue weighted by atomic mass is 16.5. The molecule has 0 saturated carbocycles. The molecule has 122 valence electrons. The van der Waals surface area contributed by atoms with Crippen molar-refractivity contribution in [3.05, 3.63) is 35.9 Å². The maximum Gasteiger partial charge on any atom is 0.324 e. The van der Waals surface area contributed by atoms with Crippen LogP contribution in [0.4, 0.5) is 0 Å². The van der Waals surface area contributed by atoms with Gasteiger partial charge >= 0.3 is 11.9 Å². The molecule has 0 bridgehead atoms. The topological polar surface area (TPSA) is 52.6 Å². The minimum atomic E-state index is -1.36. The van der Waals surface area contributed by atoms with Crippen molar-refractivity contribution < 1.29 is 19.1 Å². The molecule has 0 radical (unpaired) electrons. The fraction of sp³-hybridized carbons (Fsp3) is 0.556. The summed E-state index contributed by atoms with van der Waals surface area (Å²) in [5, 5.41) is 0. The number of carbonyl (C=O) groups excluding carboxylic acids is 2. The smallest absolute Gasteiger partial charge is 0.324 e. The molecule has 1 aromatic rings. The van der Waals surface area contributed by atoms with Crippen LogP contribution < -0.4 is 0 Å². The lowest BCUT2D eigenvalue weighted by Gasteiger charge is -2.41. The SMILES string of the molecule is COC(=O)C(C(=O)OC)(C(C)C)C(c1ccccc1)C(C)C. The Balaban J connectivity index is 3.64. The Kier molecular flexibility index (Phi) is 6.15. The van der Waals surface area contributed by atoms with Gasteiger partial charge in [-0.25, -0.2) is 0 Å². The monoisotopic (exact) mass is 306 g/mol. The van der Waals surface area contributed by atoms with E-state index in [2.05, 4.69) is 0 Å². The van der Waals surface area contributed by atoms with Crippen molar-refractivity contribution >= 4 is 11.9 Å². The third-order valence-corrected chi connectivity index (χ3v) is 4.27. The molecule has 0 amide bonds. The maximum absolute atomic E-state index is 12.7. The summed E-state index contributed by atoms with van der Waals surface area (Å²) in [6, 6.07) is 9.60. The van der Waals surface area contributed by atoms with Crippen LogP contribution in [0.3, 0.4) is 0 Å². The highest BCUT2D eigenvalue weighted by Crippen LogP contribution is 2.48. The predicted octanol–water partition coefficient (Wildman–Crippen LogP) is 3.41. The largest absolute Gasteiger partial charge is 0.468 e. The summed E-state index contributed by atoms with van der Waals surface area (Å²) in [6.45, 7) is 7.71. The Morgan fingerprint density at radius 1 is 0.909 bits per heavy atom. The Morgan fingerprint density at radius 3 is 1.68 bits per heavy atom. The van der Waals surface area contributed by atoms with Crippen LogP contribution in [-0.2, 0) is 19.1 Å². The van der Waals surface area contributed by atoms with Crippen molar-refractivity contribution in [1.29, 1.82) is 0 Å². The van der Waals surface area contributed by atoms with E-state index in [1.165, 1.54) is 14.2 Å². The molecule has 0 fully saturated rings. The molecule has 0 aliphatic carbocycles. The van der Waals surface area contributed by atoms with Gasteiger partial charge in [0.1, 0.15) is 0 Å². The average molecular weight is 306 g/mol. The molecule has 1 rings (SSSR count). The Morgan fingerprint density at radius 2 is 1.36 bits per heavy atom. The molecule has 0 aliphatic rings. The van der Waals surface area contributed by atoms with Gasteiger partial charge in [-0.1, -0.05) is 58.0 Å². The standard InChI is InChI=1S/C18H26O4/c1-12(2)15(14-10-8-7-9-11-14)18(13(3)4,16(19)21-5)17(20)22-6/h7-13,15H,1-6H3. The summed E-state index contributed by atoms with van der Waals surface area (Å²) in [7, 11) is 2.62. The quantitative estimate of drug-likeness (QED) is 0.597. The second-order valence-corrected chi connectivity index (χ2v) is 6.14. The highest BCUT2D eigenvalue weighted by Gasteiger charge is 2.58. The van der Waals surface area contributed by atoms with Gasteiger partial charge in [-0.2, -0.15) is 0 Å². The minimum Gasteiger partial charge on any atom is -0.468 e. The third-order valence-electron chi connectivity index (χ3n) is 4.27. The zero-order chi connectivity index (χ0) is 16.9. The first-order valence-electron chi connectivity index (χ1n) is 7.55. The summed E-state index contributed by atoms with van der Waals surface area (Å²) >= 11 is 0. The van der Waals surface area contributed by atoms with E-state index in [0.717, 1.165) is 5.56 Å². The van der Waals surface area contributed by atoms with Crippen molar-refractivity contribution in [1.82, 2.24) is 0 Å². The number of hydrogen-bond acceptors (Lipinski definition) is 4. The van der Waals surface area contributed by atoms with E-state index < -0.39 is 17.4 Å². The van der Waals surface area contributed by atoms with E-state index in [-0.39, 0.29) is 17.8 Å². The highest BCUT2D eigenvalue weighted by molar-refractivity contribution is 6.01. The first kappa shape index (κ1) is 18.2. The molecule has 1 atom stereocenters. The van der Waals surface area contributed by atoms with Gasteiger partial charge in [-0.3, -0.25) is 9.59 Å². The molecule has 0 spiro atoms. The van der Waals surface area contributed by atoms with Gasteiger partial charge in [0.25, 0.3) is 0 Å². The first-order chi connectivity index (χ1) is 10.3. The Labute approximate surface area is 132 Å².